The molecular weight excluding hydrogens is 234 g/mol. The Hall–Kier alpha value is -1.62. The summed E-state index contributed by atoms with van der Waals surface area (Å²) in [6.45, 7) is 0. The predicted molar refractivity (Wildman–Crippen MR) is 65.2 cm³/mol. The number of carbonyl (C=O) groups excluding carboxylic acids is 1. The Balaban J connectivity index is 1.98. The number of ketones is 1. The zero-order valence-electron chi connectivity index (χ0n) is 9.33. The molecule has 1 aliphatic heterocycles. The second kappa shape index (κ2) is 4.00. The summed E-state index contributed by atoms with van der Waals surface area (Å²) in [5.74, 6) is 0.854. The molecule has 1 aromatic heterocycles. The van der Waals surface area contributed by atoms with Crippen LogP contribution >= 0.6 is 11.8 Å². The van der Waals surface area contributed by atoms with Crippen LogP contribution in [-0.2, 0) is 7.05 Å². The van der Waals surface area contributed by atoms with Crippen molar-refractivity contribution >= 4 is 17.5 Å². The molecule has 3 rings (SSSR count). The molecule has 0 saturated carbocycles. The molecule has 1 unspecified atom stereocenters. The first-order valence-corrected chi connectivity index (χ1v) is 6.36. The first kappa shape index (κ1) is 10.5. The summed E-state index contributed by atoms with van der Waals surface area (Å²) in [7, 11) is 1.74. The summed E-state index contributed by atoms with van der Waals surface area (Å²) in [6.07, 6.45) is 1.54. The van der Waals surface area contributed by atoms with E-state index in [0.717, 1.165) is 11.3 Å². The number of hydrogen-bond acceptors (Lipinski definition) is 4. The number of benzene rings is 1. The summed E-state index contributed by atoms with van der Waals surface area (Å²) in [5, 5.41) is 7.56. The molecule has 86 valence electrons. The summed E-state index contributed by atoms with van der Waals surface area (Å²) in [4.78, 5) is 13.6. The highest BCUT2D eigenvalue weighted by Gasteiger charge is 2.31. The predicted octanol–water partition coefficient (Wildman–Crippen LogP) is 1.89. The minimum atomic E-state index is -0.0617. The molecular formula is C12H11N3OS. The van der Waals surface area contributed by atoms with Crippen molar-refractivity contribution in [2.45, 2.75) is 10.8 Å². The van der Waals surface area contributed by atoms with Gasteiger partial charge in [0.05, 0.1) is 12.1 Å². The smallest absolute Gasteiger partial charge is 0.190 e. The van der Waals surface area contributed by atoms with Gasteiger partial charge in [0.25, 0.3) is 0 Å². The average molecular weight is 245 g/mol. The van der Waals surface area contributed by atoms with E-state index in [4.69, 9.17) is 0 Å². The van der Waals surface area contributed by atoms with Gasteiger partial charge in [0, 0.05) is 17.7 Å². The highest BCUT2D eigenvalue weighted by atomic mass is 32.2. The third kappa shape index (κ3) is 1.67. The molecule has 2 aromatic rings. The summed E-state index contributed by atoms with van der Waals surface area (Å²) < 4.78 is 1.54. The Labute approximate surface area is 103 Å². The van der Waals surface area contributed by atoms with Crippen molar-refractivity contribution in [3.8, 4) is 0 Å². The van der Waals surface area contributed by atoms with Gasteiger partial charge in [0.2, 0.25) is 0 Å². The van der Waals surface area contributed by atoms with Crippen LogP contribution in [-0.4, -0.2) is 26.5 Å². The number of aromatic nitrogens is 3. The van der Waals surface area contributed by atoms with Gasteiger partial charge in [-0.2, -0.15) is 0 Å². The Bertz CT molecular complexity index is 579. The first-order chi connectivity index (χ1) is 8.27. The second-order valence-corrected chi connectivity index (χ2v) is 5.07. The van der Waals surface area contributed by atoms with Crippen molar-refractivity contribution in [1.82, 2.24) is 15.0 Å². The lowest BCUT2D eigenvalue weighted by Crippen LogP contribution is -2.16. The first-order valence-electron chi connectivity index (χ1n) is 5.38. The molecule has 0 saturated heterocycles. The Morgan fingerprint density at radius 3 is 3.06 bits per heavy atom. The average Bonchev–Trinajstić information content (AvgIpc) is 2.94. The third-order valence-corrected chi connectivity index (χ3v) is 4.17. The molecule has 4 nitrogen and oxygen atoms in total. The monoisotopic (exact) mass is 245 g/mol. The van der Waals surface area contributed by atoms with Crippen molar-refractivity contribution in [3.05, 3.63) is 41.7 Å². The molecule has 17 heavy (non-hydrogen) atoms. The maximum atomic E-state index is 12.4. The fourth-order valence-corrected chi connectivity index (χ4v) is 3.30. The van der Waals surface area contributed by atoms with Gasteiger partial charge >= 0.3 is 0 Å². The van der Waals surface area contributed by atoms with E-state index in [9.17, 15) is 4.79 Å². The van der Waals surface area contributed by atoms with Crippen LogP contribution in [0.4, 0.5) is 0 Å². The third-order valence-electron chi connectivity index (χ3n) is 2.98. The lowest BCUT2D eigenvalue weighted by Gasteiger charge is -2.08. The molecule has 1 aromatic carbocycles. The molecule has 0 N–H and O–H groups in total. The maximum Gasteiger partial charge on any atom is 0.190 e. The number of carbonyl (C=O) groups is 1. The molecule has 0 bridgehead atoms. The molecule has 0 radical (unpaired) electrons. The largest absolute Gasteiger partial charge is 0.292 e. The van der Waals surface area contributed by atoms with Gasteiger partial charge in [-0.3, -0.25) is 4.79 Å². The number of thioether (sulfide) groups is 1. The van der Waals surface area contributed by atoms with Crippen LogP contribution < -0.4 is 0 Å². The number of rotatable bonds is 2. The molecule has 0 spiro atoms. The van der Waals surface area contributed by atoms with Gasteiger partial charge in [-0.05, 0) is 11.6 Å². The minimum Gasteiger partial charge on any atom is -0.292 e. The van der Waals surface area contributed by atoms with Crippen LogP contribution in [0, 0.1) is 0 Å². The van der Waals surface area contributed by atoms with Gasteiger partial charge in [0.15, 0.2) is 5.78 Å². The molecule has 0 fully saturated rings. The maximum absolute atomic E-state index is 12.4. The van der Waals surface area contributed by atoms with Gasteiger partial charge in [0.1, 0.15) is 5.69 Å². The number of Topliss-reactive ketones (excluding diaryl/α,β-unsaturated/α-hetero) is 1. The van der Waals surface area contributed by atoms with Gasteiger partial charge < -0.3 is 0 Å². The van der Waals surface area contributed by atoms with E-state index in [1.54, 1.807) is 18.8 Å². The van der Waals surface area contributed by atoms with Crippen LogP contribution in [0.2, 0.25) is 0 Å². The highest BCUT2D eigenvalue weighted by molar-refractivity contribution is 7.99. The van der Waals surface area contributed by atoms with Crippen molar-refractivity contribution < 1.29 is 4.79 Å². The normalized spacial score (nSPS) is 18.1. The molecule has 0 amide bonds. The Kier molecular flexibility index (Phi) is 2.48. The van der Waals surface area contributed by atoms with Gasteiger partial charge in [-0.1, -0.05) is 23.4 Å². The van der Waals surface area contributed by atoms with Crippen molar-refractivity contribution in [2.75, 3.05) is 5.75 Å². The number of aryl methyl sites for hydroxylation is 1. The van der Waals surface area contributed by atoms with Gasteiger partial charge in [-0.15, -0.1) is 16.9 Å². The quantitative estimate of drug-likeness (QED) is 0.758. The van der Waals surface area contributed by atoms with Crippen molar-refractivity contribution in [3.63, 3.8) is 0 Å². The fourth-order valence-electron chi connectivity index (χ4n) is 2.07. The molecule has 1 aliphatic rings. The molecule has 0 aliphatic carbocycles. The van der Waals surface area contributed by atoms with E-state index in [1.165, 1.54) is 15.8 Å². The van der Waals surface area contributed by atoms with E-state index >= 15 is 0 Å². The summed E-state index contributed by atoms with van der Waals surface area (Å²) in [5.41, 5.74) is 1.70. The van der Waals surface area contributed by atoms with E-state index in [0.29, 0.717) is 5.69 Å². The van der Waals surface area contributed by atoms with Crippen molar-refractivity contribution in [1.29, 1.82) is 0 Å². The Morgan fingerprint density at radius 1 is 1.47 bits per heavy atom. The standard InChI is InChI=1S/C12H11N3OS/c1-15-10(6-13-14-15)12(16)9-7-17-11-5-3-2-4-8(9)11/h2-6,9H,7H2,1H3. The summed E-state index contributed by atoms with van der Waals surface area (Å²) in [6, 6.07) is 8.08. The van der Waals surface area contributed by atoms with E-state index in [-0.39, 0.29) is 11.7 Å². The minimum absolute atomic E-state index is 0.0617. The summed E-state index contributed by atoms with van der Waals surface area (Å²) >= 11 is 1.74. The van der Waals surface area contributed by atoms with Crippen LogP contribution in [0.25, 0.3) is 0 Å². The lowest BCUT2D eigenvalue weighted by molar-refractivity contribution is 0.0959. The zero-order chi connectivity index (χ0) is 11.8. The van der Waals surface area contributed by atoms with Gasteiger partial charge in [-0.25, -0.2) is 4.68 Å². The number of hydrogen-bond donors (Lipinski definition) is 0. The van der Waals surface area contributed by atoms with E-state index in [2.05, 4.69) is 16.4 Å². The second-order valence-electron chi connectivity index (χ2n) is 4.01. The Morgan fingerprint density at radius 2 is 2.29 bits per heavy atom. The lowest BCUT2D eigenvalue weighted by atomic mass is 9.95. The zero-order valence-corrected chi connectivity index (χ0v) is 10.1. The number of fused-ring (bicyclic) bond motifs is 1. The molecule has 1 atom stereocenters. The van der Waals surface area contributed by atoms with E-state index in [1.807, 2.05) is 18.2 Å². The highest BCUT2D eigenvalue weighted by Crippen LogP contribution is 2.40. The van der Waals surface area contributed by atoms with Crippen LogP contribution in [0.15, 0.2) is 35.4 Å². The topological polar surface area (TPSA) is 47.8 Å². The molecule has 5 heteroatoms. The number of nitrogens with zero attached hydrogens (tertiary/aromatic N) is 3. The fraction of sp³-hybridized carbons (Fsp3) is 0.250. The van der Waals surface area contributed by atoms with Crippen LogP contribution in [0.1, 0.15) is 22.0 Å². The van der Waals surface area contributed by atoms with Crippen LogP contribution in [0.5, 0.6) is 0 Å². The van der Waals surface area contributed by atoms with Crippen molar-refractivity contribution in [2.24, 2.45) is 7.05 Å². The van der Waals surface area contributed by atoms with E-state index < -0.39 is 0 Å². The van der Waals surface area contributed by atoms with Crippen LogP contribution in [0.3, 0.4) is 0 Å². The SMILES string of the molecule is Cn1nncc1C(=O)C1CSc2ccccc21. The molecule has 2 heterocycles.